The van der Waals surface area contributed by atoms with Crippen molar-refractivity contribution >= 4 is 27.3 Å². The van der Waals surface area contributed by atoms with E-state index >= 15 is 0 Å². The molecule has 0 unspecified atom stereocenters. The van der Waals surface area contributed by atoms with Gasteiger partial charge in [0.1, 0.15) is 11.5 Å². The molecule has 100 valence electrons. The molecule has 1 rings (SSSR count). The van der Waals surface area contributed by atoms with Crippen molar-refractivity contribution < 1.29 is 17.9 Å². The smallest absolute Gasteiger partial charge is 0.234 e. The zero-order valence-electron chi connectivity index (χ0n) is 10.1. The molecule has 0 fully saturated rings. The van der Waals surface area contributed by atoms with Gasteiger partial charge in [-0.15, -0.1) is 0 Å². The summed E-state index contributed by atoms with van der Waals surface area (Å²) >= 11 is 5.81. The first-order valence-corrected chi connectivity index (χ1v) is 7.31. The maximum Gasteiger partial charge on any atom is 0.234 e. The lowest BCUT2D eigenvalue weighted by Crippen LogP contribution is -2.27. The average molecular weight is 292 g/mol. The monoisotopic (exact) mass is 291 g/mol. The number of nitrogens with one attached hydrogen (secondary N) is 1. The number of ether oxygens (including phenoxy) is 1. The Morgan fingerprint density at radius 2 is 2.11 bits per heavy atom. The molecular formula is C11H14ClNO4S. The average Bonchev–Trinajstić information content (AvgIpc) is 2.28. The molecular weight excluding hydrogens is 278 g/mol. The Labute approximate surface area is 111 Å². The first kappa shape index (κ1) is 14.8. The van der Waals surface area contributed by atoms with E-state index in [9.17, 15) is 13.2 Å². The van der Waals surface area contributed by atoms with Gasteiger partial charge in [0.25, 0.3) is 0 Å². The van der Waals surface area contributed by atoms with Crippen LogP contribution in [0.1, 0.15) is 5.56 Å². The van der Waals surface area contributed by atoms with Crippen LogP contribution >= 0.6 is 11.6 Å². The van der Waals surface area contributed by atoms with Gasteiger partial charge in [0, 0.05) is 17.6 Å². The van der Waals surface area contributed by atoms with Crippen LogP contribution in [0.5, 0.6) is 5.75 Å². The highest BCUT2D eigenvalue weighted by atomic mass is 35.5. The number of benzene rings is 1. The Balaban J connectivity index is 2.96. The summed E-state index contributed by atoms with van der Waals surface area (Å²) in [6.45, 7) is 0. The van der Waals surface area contributed by atoms with Crippen LogP contribution in [-0.4, -0.2) is 34.2 Å². The number of rotatable bonds is 5. The van der Waals surface area contributed by atoms with Crippen LogP contribution in [0.15, 0.2) is 18.2 Å². The van der Waals surface area contributed by atoms with Gasteiger partial charge in [-0.1, -0.05) is 11.6 Å². The van der Waals surface area contributed by atoms with Crippen molar-refractivity contribution in [2.75, 3.05) is 19.9 Å². The van der Waals surface area contributed by atoms with Crippen molar-refractivity contribution in [2.24, 2.45) is 0 Å². The fourth-order valence-corrected chi connectivity index (χ4v) is 2.96. The Morgan fingerprint density at radius 3 is 2.67 bits per heavy atom. The van der Waals surface area contributed by atoms with Crippen molar-refractivity contribution in [3.63, 3.8) is 0 Å². The molecule has 1 aromatic carbocycles. The van der Waals surface area contributed by atoms with E-state index in [-0.39, 0.29) is 5.75 Å². The largest absolute Gasteiger partial charge is 0.496 e. The minimum atomic E-state index is -3.55. The number of hydrogen-bond acceptors (Lipinski definition) is 4. The van der Waals surface area contributed by atoms with Crippen LogP contribution in [0, 0.1) is 0 Å². The predicted molar refractivity (Wildman–Crippen MR) is 69.6 cm³/mol. The number of sulfone groups is 1. The van der Waals surface area contributed by atoms with E-state index in [1.807, 2.05) is 0 Å². The zero-order chi connectivity index (χ0) is 13.8. The van der Waals surface area contributed by atoms with Crippen LogP contribution < -0.4 is 10.1 Å². The highest BCUT2D eigenvalue weighted by Gasteiger charge is 2.19. The molecule has 18 heavy (non-hydrogen) atoms. The Bertz CT molecular complexity index is 542. The molecule has 0 aliphatic heterocycles. The number of carbonyl (C=O) groups is 1. The first-order chi connectivity index (χ1) is 8.38. The van der Waals surface area contributed by atoms with Gasteiger partial charge < -0.3 is 10.1 Å². The third-order valence-electron chi connectivity index (χ3n) is 2.25. The van der Waals surface area contributed by atoms with Crippen LogP contribution in [0.2, 0.25) is 5.02 Å². The molecule has 0 spiro atoms. The molecule has 0 bridgehead atoms. The van der Waals surface area contributed by atoms with Gasteiger partial charge in [0.15, 0.2) is 9.84 Å². The van der Waals surface area contributed by atoms with E-state index in [1.54, 1.807) is 12.1 Å². The summed E-state index contributed by atoms with van der Waals surface area (Å²) in [6.07, 6.45) is 0. The van der Waals surface area contributed by atoms with E-state index in [4.69, 9.17) is 16.3 Å². The quantitative estimate of drug-likeness (QED) is 0.879. The maximum absolute atomic E-state index is 11.8. The predicted octanol–water partition coefficient (Wildman–Crippen LogP) is 1.01. The lowest BCUT2D eigenvalue weighted by Gasteiger charge is -2.09. The number of carbonyl (C=O) groups excluding carboxylic acids is 1. The molecule has 5 nitrogen and oxygen atoms in total. The second kappa shape index (κ2) is 6.06. The zero-order valence-corrected chi connectivity index (χ0v) is 11.6. The SMILES string of the molecule is CNC(=O)CS(=O)(=O)Cc1cc(Cl)ccc1OC. The number of amides is 1. The van der Waals surface area contributed by atoms with Gasteiger partial charge in [-0.3, -0.25) is 4.79 Å². The van der Waals surface area contributed by atoms with Crippen LogP contribution in [0.3, 0.4) is 0 Å². The summed E-state index contributed by atoms with van der Waals surface area (Å²) in [5, 5.41) is 2.69. The summed E-state index contributed by atoms with van der Waals surface area (Å²) < 4.78 is 28.6. The lowest BCUT2D eigenvalue weighted by molar-refractivity contribution is -0.118. The fraction of sp³-hybridized carbons (Fsp3) is 0.364. The molecule has 0 saturated heterocycles. The summed E-state index contributed by atoms with van der Waals surface area (Å²) in [6, 6.07) is 4.71. The fourth-order valence-electron chi connectivity index (χ4n) is 1.42. The summed E-state index contributed by atoms with van der Waals surface area (Å²) in [5.41, 5.74) is 0.439. The number of halogens is 1. The van der Waals surface area contributed by atoms with Gasteiger partial charge in [-0.25, -0.2) is 8.42 Å². The second-order valence-electron chi connectivity index (χ2n) is 3.66. The summed E-state index contributed by atoms with van der Waals surface area (Å²) in [5.74, 6) is -0.959. The Morgan fingerprint density at radius 1 is 1.44 bits per heavy atom. The van der Waals surface area contributed by atoms with E-state index < -0.39 is 21.5 Å². The molecule has 1 aromatic rings. The van der Waals surface area contributed by atoms with Crippen molar-refractivity contribution in [2.45, 2.75) is 5.75 Å². The van der Waals surface area contributed by atoms with E-state index in [0.717, 1.165) is 0 Å². The minimum Gasteiger partial charge on any atom is -0.496 e. The van der Waals surface area contributed by atoms with E-state index in [1.165, 1.54) is 20.2 Å². The minimum absolute atomic E-state index is 0.288. The normalized spacial score (nSPS) is 11.1. The van der Waals surface area contributed by atoms with E-state index in [2.05, 4.69) is 5.32 Å². The maximum atomic E-state index is 11.8. The molecule has 0 radical (unpaired) electrons. The molecule has 0 aliphatic carbocycles. The summed E-state index contributed by atoms with van der Waals surface area (Å²) in [7, 11) is -0.717. The third kappa shape index (κ3) is 4.19. The van der Waals surface area contributed by atoms with Gasteiger partial charge in [0.2, 0.25) is 5.91 Å². The molecule has 0 aliphatic rings. The summed E-state index contributed by atoms with van der Waals surface area (Å²) in [4.78, 5) is 11.1. The second-order valence-corrected chi connectivity index (χ2v) is 6.16. The van der Waals surface area contributed by atoms with Crippen LogP contribution in [0.25, 0.3) is 0 Å². The molecule has 1 N–H and O–H groups in total. The van der Waals surface area contributed by atoms with Gasteiger partial charge in [-0.05, 0) is 18.2 Å². The van der Waals surface area contributed by atoms with Crippen molar-refractivity contribution in [1.82, 2.24) is 5.32 Å². The van der Waals surface area contributed by atoms with Crippen molar-refractivity contribution in [3.05, 3.63) is 28.8 Å². The van der Waals surface area contributed by atoms with Crippen molar-refractivity contribution in [3.8, 4) is 5.75 Å². The van der Waals surface area contributed by atoms with Crippen LogP contribution in [-0.2, 0) is 20.4 Å². The standard InChI is InChI=1S/C11H14ClNO4S/c1-13-11(14)7-18(15,16)6-8-5-9(12)3-4-10(8)17-2/h3-5H,6-7H2,1-2H3,(H,13,14). The topological polar surface area (TPSA) is 72.5 Å². The molecule has 1 amide bonds. The van der Waals surface area contributed by atoms with Gasteiger partial charge in [-0.2, -0.15) is 0 Å². The molecule has 0 atom stereocenters. The molecule has 0 saturated carbocycles. The Hall–Kier alpha value is -1.27. The number of methoxy groups -OCH3 is 1. The molecule has 0 aromatic heterocycles. The van der Waals surface area contributed by atoms with Crippen molar-refractivity contribution in [1.29, 1.82) is 0 Å². The first-order valence-electron chi connectivity index (χ1n) is 5.11. The molecule has 7 heteroatoms. The number of hydrogen-bond donors (Lipinski definition) is 1. The molecule has 0 heterocycles. The Kier molecular flexibility index (Phi) is 4.98. The highest BCUT2D eigenvalue weighted by Crippen LogP contribution is 2.24. The van der Waals surface area contributed by atoms with E-state index in [0.29, 0.717) is 16.3 Å². The van der Waals surface area contributed by atoms with Crippen LogP contribution in [0.4, 0.5) is 0 Å². The van der Waals surface area contributed by atoms with Gasteiger partial charge >= 0.3 is 0 Å². The third-order valence-corrected chi connectivity index (χ3v) is 3.94. The van der Waals surface area contributed by atoms with Gasteiger partial charge in [0.05, 0.1) is 12.9 Å². The highest BCUT2D eigenvalue weighted by molar-refractivity contribution is 7.91. The lowest BCUT2D eigenvalue weighted by atomic mass is 10.2.